The first-order valence-electron chi connectivity index (χ1n) is 8.39. The number of halogens is 3. The highest BCUT2D eigenvalue weighted by atomic mass is 19.4. The fraction of sp³-hybridized carbons (Fsp3) is 0.150. The van der Waals surface area contributed by atoms with Crippen LogP contribution in [-0.2, 0) is 0 Å². The van der Waals surface area contributed by atoms with Crippen LogP contribution >= 0.6 is 0 Å². The van der Waals surface area contributed by atoms with Crippen molar-refractivity contribution in [3.63, 3.8) is 0 Å². The van der Waals surface area contributed by atoms with E-state index in [0.717, 1.165) is 29.3 Å². The van der Waals surface area contributed by atoms with E-state index in [1.165, 1.54) is 12.3 Å². The minimum absolute atomic E-state index is 0.0996. The Morgan fingerprint density at radius 2 is 1.79 bits per heavy atom. The van der Waals surface area contributed by atoms with E-state index in [1.54, 1.807) is 6.07 Å². The lowest BCUT2D eigenvalue weighted by Crippen LogP contribution is -2.20. The molecule has 0 bridgehead atoms. The first-order valence-corrected chi connectivity index (χ1v) is 8.39. The number of aliphatic hydroxyl groups is 1. The van der Waals surface area contributed by atoms with Gasteiger partial charge in [-0.25, -0.2) is 0 Å². The number of pyridine rings is 1. The maximum atomic E-state index is 12.7. The second-order valence-corrected chi connectivity index (χ2v) is 6.28. The van der Waals surface area contributed by atoms with Crippen LogP contribution in [0.1, 0.15) is 17.2 Å². The Morgan fingerprint density at radius 3 is 2.34 bits per heavy atom. The molecule has 29 heavy (non-hydrogen) atoms. The Kier molecular flexibility index (Phi) is 5.51. The quantitative estimate of drug-likeness (QED) is 0.457. The number of benzene rings is 2. The third-order valence-electron chi connectivity index (χ3n) is 4.12. The van der Waals surface area contributed by atoms with Crippen LogP contribution in [0.5, 0.6) is 11.5 Å². The summed E-state index contributed by atoms with van der Waals surface area (Å²) >= 11 is 0. The minimum Gasteiger partial charge on any atom is -0.448 e. The smallest absolute Gasteiger partial charge is 0.418 e. The van der Waals surface area contributed by atoms with Gasteiger partial charge < -0.3 is 9.84 Å². The zero-order valence-electron chi connectivity index (χ0n) is 15.1. The minimum atomic E-state index is -4.91. The van der Waals surface area contributed by atoms with Crippen molar-refractivity contribution in [1.82, 2.24) is 4.98 Å². The van der Waals surface area contributed by atoms with Crippen molar-refractivity contribution in [3.8, 4) is 22.8 Å². The fourth-order valence-electron chi connectivity index (χ4n) is 2.59. The van der Waals surface area contributed by atoms with Gasteiger partial charge in [0, 0.05) is 11.6 Å². The van der Waals surface area contributed by atoms with Crippen LogP contribution in [0, 0.1) is 17.0 Å². The van der Waals surface area contributed by atoms with Crippen molar-refractivity contribution in [1.29, 1.82) is 0 Å². The Hall–Kier alpha value is -3.46. The number of hydrogen-bond donors (Lipinski definition) is 1. The molecule has 0 aliphatic heterocycles. The lowest BCUT2D eigenvalue weighted by Gasteiger charge is -2.16. The standard InChI is InChI=1S/C20H15F3N2O4/c1-12-2-4-13(5-3-12)16-8-7-15(11-24-16)29-18-10-14(19(26)20(21,22)23)6-9-17(18)25(27)28/h2-11,19,26H,1H3. The molecule has 1 heterocycles. The molecule has 0 saturated heterocycles. The number of alkyl halides is 3. The molecule has 1 atom stereocenters. The summed E-state index contributed by atoms with van der Waals surface area (Å²) < 4.78 is 43.6. The highest BCUT2D eigenvalue weighted by Gasteiger charge is 2.40. The van der Waals surface area contributed by atoms with E-state index in [1.807, 2.05) is 31.2 Å². The predicted molar refractivity (Wildman–Crippen MR) is 98.6 cm³/mol. The average molecular weight is 404 g/mol. The second kappa shape index (κ2) is 7.88. The molecule has 3 rings (SSSR count). The topological polar surface area (TPSA) is 85.5 Å². The summed E-state index contributed by atoms with van der Waals surface area (Å²) in [6.45, 7) is 1.95. The van der Waals surface area contributed by atoms with Crippen LogP contribution in [0.3, 0.4) is 0 Å². The Labute approximate surface area is 163 Å². The molecule has 1 unspecified atom stereocenters. The third kappa shape index (κ3) is 4.69. The number of nitrogens with zero attached hydrogens (tertiary/aromatic N) is 2. The normalized spacial score (nSPS) is 12.4. The Morgan fingerprint density at radius 1 is 1.10 bits per heavy atom. The molecular formula is C20H15F3N2O4. The van der Waals surface area contributed by atoms with Crippen LogP contribution < -0.4 is 4.74 Å². The van der Waals surface area contributed by atoms with Gasteiger partial charge in [-0.05, 0) is 36.8 Å². The number of aryl methyl sites for hydroxylation is 1. The average Bonchev–Trinajstić information content (AvgIpc) is 2.68. The first kappa shape index (κ1) is 20.3. The monoisotopic (exact) mass is 404 g/mol. The third-order valence-corrected chi connectivity index (χ3v) is 4.12. The highest BCUT2D eigenvalue weighted by Crippen LogP contribution is 2.38. The number of aliphatic hydroxyl groups excluding tert-OH is 1. The maximum absolute atomic E-state index is 12.7. The number of nitro benzene ring substituents is 1. The lowest BCUT2D eigenvalue weighted by atomic mass is 10.1. The molecule has 0 radical (unpaired) electrons. The van der Waals surface area contributed by atoms with Gasteiger partial charge in [-0.15, -0.1) is 0 Å². The van der Waals surface area contributed by atoms with Gasteiger partial charge in [0.25, 0.3) is 0 Å². The number of hydrogen-bond acceptors (Lipinski definition) is 5. The van der Waals surface area contributed by atoms with Crippen molar-refractivity contribution in [2.24, 2.45) is 0 Å². The van der Waals surface area contributed by atoms with E-state index in [2.05, 4.69) is 4.98 Å². The molecule has 0 spiro atoms. The van der Waals surface area contributed by atoms with Gasteiger partial charge >= 0.3 is 11.9 Å². The molecule has 9 heteroatoms. The van der Waals surface area contributed by atoms with Crippen LogP contribution in [0.2, 0.25) is 0 Å². The maximum Gasteiger partial charge on any atom is 0.418 e. The van der Waals surface area contributed by atoms with Crippen molar-refractivity contribution >= 4 is 5.69 Å². The summed E-state index contributed by atoms with van der Waals surface area (Å²) in [7, 11) is 0. The van der Waals surface area contributed by atoms with Gasteiger partial charge in [0.2, 0.25) is 5.75 Å². The Balaban J connectivity index is 1.90. The van der Waals surface area contributed by atoms with Crippen molar-refractivity contribution in [3.05, 3.63) is 82.0 Å². The van der Waals surface area contributed by atoms with E-state index in [4.69, 9.17) is 4.74 Å². The molecule has 0 fully saturated rings. The van der Waals surface area contributed by atoms with E-state index in [-0.39, 0.29) is 5.75 Å². The fourth-order valence-corrected chi connectivity index (χ4v) is 2.59. The number of ether oxygens (including phenoxy) is 1. The lowest BCUT2D eigenvalue weighted by molar-refractivity contribution is -0.385. The van der Waals surface area contributed by atoms with Crippen LogP contribution in [0.4, 0.5) is 18.9 Å². The zero-order valence-corrected chi connectivity index (χ0v) is 15.1. The summed E-state index contributed by atoms with van der Waals surface area (Å²) in [5.41, 5.74) is 1.46. The second-order valence-electron chi connectivity index (χ2n) is 6.28. The Bertz CT molecular complexity index is 1020. The molecule has 0 amide bonds. The molecular weight excluding hydrogens is 389 g/mol. The van der Waals surface area contributed by atoms with Gasteiger partial charge in [0.05, 0.1) is 16.8 Å². The molecule has 1 N–H and O–H groups in total. The van der Waals surface area contributed by atoms with Gasteiger partial charge in [-0.3, -0.25) is 15.1 Å². The van der Waals surface area contributed by atoms with Crippen molar-refractivity contribution < 1.29 is 27.9 Å². The molecule has 0 saturated carbocycles. The summed E-state index contributed by atoms with van der Waals surface area (Å²) in [5, 5.41) is 20.6. The molecule has 0 aliphatic rings. The molecule has 3 aromatic rings. The van der Waals surface area contributed by atoms with Crippen molar-refractivity contribution in [2.75, 3.05) is 0 Å². The van der Waals surface area contributed by atoms with Crippen molar-refractivity contribution in [2.45, 2.75) is 19.2 Å². The van der Waals surface area contributed by atoms with Gasteiger partial charge in [0.15, 0.2) is 6.10 Å². The molecule has 1 aromatic heterocycles. The molecule has 6 nitrogen and oxygen atoms in total. The summed E-state index contributed by atoms with van der Waals surface area (Å²) in [6.07, 6.45) is -6.39. The van der Waals surface area contributed by atoms with Crippen LogP contribution in [0.25, 0.3) is 11.3 Å². The number of aromatic nitrogens is 1. The summed E-state index contributed by atoms with van der Waals surface area (Å²) in [6, 6.07) is 13.2. The molecule has 150 valence electrons. The van der Waals surface area contributed by atoms with Crippen LogP contribution in [-0.4, -0.2) is 21.2 Å². The van der Waals surface area contributed by atoms with Crippen LogP contribution in [0.15, 0.2) is 60.8 Å². The zero-order chi connectivity index (χ0) is 21.2. The van der Waals surface area contributed by atoms with E-state index >= 15 is 0 Å². The molecule has 2 aromatic carbocycles. The molecule has 0 aliphatic carbocycles. The van der Waals surface area contributed by atoms with Gasteiger partial charge in [-0.1, -0.05) is 29.8 Å². The van der Waals surface area contributed by atoms with Gasteiger partial charge in [0.1, 0.15) is 5.75 Å². The number of nitro groups is 1. The summed E-state index contributed by atoms with van der Waals surface area (Å²) in [4.78, 5) is 14.6. The highest BCUT2D eigenvalue weighted by molar-refractivity contribution is 5.60. The predicted octanol–water partition coefficient (Wildman–Crippen LogP) is 5.35. The van der Waals surface area contributed by atoms with Gasteiger partial charge in [-0.2, -0.15) is 13.2 Å². The SMILES string of the molecule is Cc1ccc(-c2ccc(Oc3cc(C(O)C(F)(F)F)ccc3[N+](=O)[O-])cn2)cc1. The number of rotatable bonds is 5. The van der Waals surface area contributed by atoms with E-state index in [0.29, 0.717) is 5.69 Å². The summed E-state index contributed by atoms with van der Waals surface area (Å²) in [5.74, 6) is -0.330. The first-order chi connectivity index (χ1) is 13.6. The largest absolute Gasteiger partial charge is 0.448 e. The van der Waals surface area contributed by atoms with E-state index in [9.17, 15) is 28.4 Å². The van der Waals surface area contributed by atoms with E-state index < -0.39 is 34.2 Å².